The van der Waals surface area contributed by atoms with Crippen molar-refractivity contribution in [1.29, 1.82) is 0 Å². The second kappa shape index (κ2) is 6.23. The minimum Gasteiger partial charge on any atom is -0.344 e. The highest BCUT2D eigenvalue weighted by Crippen LogP contribution is 2.16. The number of aromatic nitrogens is 2. The Labute approximate surface area is 129 Å². The van der Waals surface area contributed by atoms with E-state index in [-0.39, 0.29) is 22.5 Å². The summed E-state index contributed by atoms with van der Waals surface area (Å²) in [5.74, 6) is -0.327. The van der Waals surface area contributed by atoms with Crippen molar-refractivity contribution in [2.75, 3.05) is 6.26 Å². The molecule has 0 aliphatic heterocycles. The van der Waals surface area contributed by atoms with E-state index in [0.717, 1.165) is 17.5 Å². The van der Waals surface area contributed by atoms with Gasteiger partial charge in [0.05, 0.1) is 22.8 Å². The molecule has 6 nitrogen and oxygen atoms in total. The predicted molar refractivity (Wildman–Crippen MR) is 82.2 cm³/mol. The summed E-state index contributed by atoms with van der Waals surface area (Å²) in [5, 5.41) is 2.80. The fourth-order valence-corrected chi connectivity index (χ4v) is 2.50. The predicted octanol–water partition coefficient (Wildman–Crippen LogP) is 1.68. The van der Waals surface area contributed by atoms with Crippen LogP contribution >= 0.6 is 0 Å². The summed E-state index contributed by atoms with van der Waals surface area (Å²) in [7, 11) is -3.22. The van der Waals surface area contributed by atoms with Crippen LogP contribution in [0.15, 0.2) is 41.6 Å². The van der Waals surface area contributed by atoms with Gasteiger partial charge in [0.25, 0.3) is 5.91 Å². The third-order valence-electron chi connectivity index (χ3n) is 3.17. The normalized spacial score (nSPS) is 12.7. The fraction of sp³-hybridized carbons (Fsp3) is 0.267. The van der Waals surface area contributed by atoms with Crippen molar-refractivity contribution in [3.8, 4) is 0 Å². The van der Waals surface area contributed by atoms with Crippen LogP contribution in [0.3, 0.4) is 0 Å². The molecular formula is C15H17N3O3S. The summed E-state index contributed by atoms with van der Waals surface area (Å²) < 4.78 is 22.8. The lowest BCUT2D eigenvalue weighted by Crippen LogP contribution is -2.27. The summed E-state index contributed by atoms with van der Waals surface area (Å²) in [6.45, 7) is 3.61. The molecule has 116 valence electrons. The van der Waals surface area contributed by atoms with Gasteiger partial charge in [-0.2, -0.15) is 0 Å². The number of benzene rings is 1. The summed E-state index contributed by atoms with van der Waals surface area (Å²) in [6.07, 6.45) is 4.11. The number of nitrogens with zero attached hydrogens (tertiary/aromatic N) is 2. The van der Waals surface area contributed by atoms with Gasteiger partial charge in [0.2, 0.25) is 0 Å². The lowest BCUT2D eigenvalue weighted by Gasteiger charge is -2.14. The first-order chi connectivity index (χ1) is 10.3. The smallest absolute Gasteiger partial charge is 0.271 e. The number of hydrogen-bond acceptors (Lipinski definition) is 5. The maximum Gasteiger partial charge on any atom is 0.271 e. The van der Waals surface area contributed by atoms with E-state index >= 15 is 0 Å². The van der Waals surface area contributed by atoms with Gasteiger partial charge in [-0.05, 0) is 31.5 Å². The van der Waals surface area contributed by atoms with Crippen LogP contribution in [0.25, 0.3) is 0 Å². The van der Waals surface area contributed by atoms with Crippen molar-refractivity contribution < 1.29 is 13.2 Å². The van der Waals surface area contributed by atoms with E-state index in [0.29, 0.717) is 0 Å². The Balaban J connectivity index is 2.10. The van der Waals surface area contributed by atoms with Gasteiger partial charge >= 0.3 is 0 Å². The highest BCUT2D eigenvalue weighted by Gasteiger charge is 2.14. The van der Waals surface area contributed by atoms with Gasteiger partial charge in [-0.3, -0.25) is 9.78 Å². The van der Waals surface area contributed by atoms with Crippen LogP contribution in [0.2, 0.25) is 0 Å². The SMILES string of the molecule is Cc1cnc(C(=O)NC(C)c2ccc(S(C)(=O)=O)cc2)cn1. The van der Waals surface area contributed by atoms with Gasteiger partial charge in [-0.15, -0.1) is 0 Å². The number of sulfone groups is 1. The van der Waals surface area contributed by atoms with E-state index < -0.39 is 9.84 Å². The van der Waals surface area contributed by atoms with E-state index in [4.69, 9.17) is 0 Å². The third kappa shape index (κ3) is 3.88. The lowest BCUT2D eigenvalue weighted by molar-refractivity contribution is 0.0934. The second-order valence-electron chi connectivity index (χ2n) is 5.08. The molecule has 0 aliphatic carbocycles. The van der Waals surface area contributed by atoms with E-state index in [2.05, 4.69) is 15.3 Å². The maximum atomic E-state index is 12.1. The lowest BCUT2D eigenvalue weighted by atomic mass is 10.1. The van der Waals surface area contributed by atoms with Crippen molar-refractivity contribution in [3.63, 3.8) is 0 Å². The number of amides is 1. The number of rotatable bonds is 4. The Hall–Kier alpha value is -2.28. The maximum absolute atomic E-state index is 12.1. The zero-order valence-electron chi connectivity index (χ0n) is 12.6. The standard InChI is InChI=1S/C15H17N3O3S/c1-10-8-17-14(9-16-10)15(19)18-11(2)12-4-6-13(7-5-12)22(3,20)21/h4-9,11H,1-3H3,(H,18,19). The van der Waals surface area contributed by atoms with Crippen LogP contribution in [0.5, 0.6) is 0 Å². The molecule has 1 amide bonds. The minimum atomic E-state index is -3.22. The summed E-state index contributed by atoms with van der Waals surface area (Å²) in [5.41, 5.74) is 1.78. The molecule has 1 unspecified atom stereocenters. The number of carbonyl (C=O) groups is 1. The third-order valence-corrected chi connectivity index (χ3v) is 4.30. The molecule has 0 saturated carbocycles. The zero-order valence-corrected chi connectivity index (χ0v) is 13.4. The highest BCUT2D eigenvalue weighted by atomic mass is 32.2. The Morgan fingerprint density at radius 2 is 1.77 bits per heavy atom. The minimum absolute atomic E-state index is 0.241. The Kier molecular flexibility index (Phi) is 4.56. The van der Waals surface area contributed by atoms with Crippen LogP contribution in [0.1, 0.15) is 34.7 Å². The summed E-state index contributed by atoms with van der Waals surface area (Å²) >= 11 is 0. The molecule has 0 fully saturated rings. The first-order valence-electron chi connectivity index (χ1n) is 6.67. The Bertz CT molecular complexity index is 769. The molecule has 1 aromatic carbocycles. The van der Waals surface area contributed by atoms with Crippen LogP contribution in [-0.4, -0.2) is 30.5 Å². The van der Waals surface area contributed by atoms with E-state index in [1.807, 2.05) is 6.92 Å². The monoisotopic (exact) mass is 319 g/mol. The van der Waals surface area contributed by atoms with Crippen molar-refractivity contribution in [1.82, 2.24) is 15.3 Å². The molecule has 0 saturated heterocycles. The Morgan fingerprint density at radius 1 is 1.14 bits per heavy atom. The van der Waals surface area contributed by atoms with Gasteiger partial charge in [-0.25, -0.2) is 13.4 Å². The molecule has 7 heteroatoms. The van der Waals surface area contributed by atoms with Crippen LogP contribution in [-0.2, 0) is 9.84 Å². The summed E-state index contributed by atoms with van der Waals surface area (Å²) in [6, 6.07) is 6.15. The van der Waals surface area contributed by atoms with Crippen LogP contribution < -0.4 is 5.32 Å². The topological polar surface area (TPSA) is 89.0 Å². The molecule has 1 aromatic heterocycles. The quantitative estimate of drug-likeness (QED) is 0.926. The van der Waals surface area contributed by atoms with Crippen molar-refractivity contribution in [3.05, 3.63) is 53.6 Å². The zero-order chi connectivity index (χ0) is 16.3. The van der Waals surface area contributed by atoms with Crippen LogP contribution in [0, 0.1) is 6.92 Å². The molecule has 2 rings (SSSR count). The van der Waals surface area contributed by atoms with Gasteiger partial charge < -0.3 is 5.32 Å². The molecule has 2 aromatic rings. The van der Waals surface area contributed by atoms with Crippen molar-refractivity contribution >= 4 is 15.7 Å². The van der Waals surface area contributed by atoms with Crippen LogP contribution in [0.4, 0.5) is 0 Å². The van der Waals surface area contributed by atoms with Gasteiger partial charge in [-0.1, -0.05) is 12.1 Å². The number of hydrogen-bond donors (Lipinski definition) is 1. The molecular weight excluding hydrogens is 302 g/mol. The molecule has 0 aliphatic rings. The molecule has 1 atom stereocenters. The molecule has 1 heterocycles. The number of nitrogens with one attached hydrogen (secondary N) is 1. The fourth-order valence-electron chi connectivity index (χ4n) is 1.87. The first-order valence-corrected chi connectivity index (χ1v) is 8.56. The average Bonchev–Trinajstić information content (AvgIpc) is 2.47. The van der Waals surface area contributed by atoms with E-state index in [1.165, 1.54) is 24.5 Å². The Morgan fingerprint density at radius 3 is 2.27 bits per heavy atom. The average molecular weight is 319 g/mol. The highest BCUT2D eigenvalue weighted by molar-refractivity contribution is 7.90. The van der Waals surface area contributed by atoms with Crippen molar-refractivity contribution in [2.24, 2.45) is 0 Å². The van der Waals surface area contributed by atoms with Gasteiger partial charge in [0.15, 0.2) is 9.84 Å². The number of carbonyl (C=O) groups excluding carboxylic acids is 1. The molecule has 0 spiro atoms. The number of aryl methyl sites for hydroxylation is 1. The van der Waals surface area contributed by atoms with Gasteiger partial charge in [0, 0.05) is 12.5 Å². The van der Waals surface area contributed by atoms with Crippen molar-refractivity contribution in [2.45, 2.75) is 24.8 Å². The molecule has 0 bridgehead atoms. The molecule has 0 radical (unpaired) electrons. The van der Waals surface area contributed by atoms with E-state index in [1.54, 1.807) is 19.1 Å². The van der Waals surface area contributed by atoms with E-state index in [9.17, 15) is 13.2 Å². The van der Waals surface area contributed by atoms with Gasteiger partial charge in [0.1, 0.15) is 5.69 Å². The second-order valence-corrected chi connectivity index (χ2v) is 7.10. The largest absolute Gasteiger partial charge is 0.344 e. The molecule has 1 N–H and O–H groups in total. The molecule has 22 heavy (non-hydrogen) atoms. The first kappa shape index (κ1) is 16.1. The summed E-state index contributed by atoms with van der Waals surface area (Å²) in [4.78, 5) is 20.4.